The molecule has 0 saturated carbocycles. The molecule has 2 aromatic rings. The van der Waals surface area contributed by atoms with E-state index in [0.717, 1.165) is 60.1 Å². The average molecular weight is 429 g/mol. The highest BCUT2D eigenvalue weighted by atomic mass is 35.5. The summed E-state index contributed by atoms with van der Waals surface area (Å²) in [6.45, 7) is 1.85. The van der Waals surface area contributed by atoms with Crippen molar-refractivity contribution in [1.29, 1.82) is 0 Å². The average Bonchev–Trinajstić information content (AvgIpc) is 2.80. The highest BCUT2D eigenvalue weighted by Crippen LogP contribution is 2.44. The van der Waals surface area contributed by atoms with E-state index in [1.165, 1.54) is 0 Å². The Morgan fingerprint density at radius 2 is 2.03 bits per heavy atom. The second kappa shape index (κ2) is 8.22. The van der Waals surface area contributed by atoms with Crippen LogP contribution in [0.15, 0.2) is 30.5 Å². The van der Waals surface area contributed by atoms with Gasteiger partial charge in [0, 0.05) is 22.7 Å². The molecule has 1 unspecified atom stereocenters. The Hall–Kier alpha value is -1.67. The van der Waals surface area contributed by atoms with Gasteiger partial charge in [0.2, 0.25) is 0 Å². The summed E-state index contributed by atoms with van der Waals surface area (Å²) in [4.78, 5) is 4.73. The Balaban J connectivity index is 1.90. The molecule has 4 rings (SSSR count). The highest BCUT2D eigenvalue weighted by molar-refractivity contribution is 7.86. The number of pyridine rings is 1. The van der Waals surface area contributed by atoms with Gasteiger partial charge in [-0.3, -0.25) is 9.17 Å². The smallest absolute Gasteiger partial charge is 0.264 e. The number of nitrogens with one attached hydrogen (secondary N) is 1. The van der Waals surface area contributed by atoms with Crippen LogP contribution in [0.4, 0.5) is 0 Å². The molecular formula is C21H22BClN2O3S. The van der Waals surface area contributed by atoms with Gasteiger partial charge >= 0.3 is 0 Å². The number of hydrogen-bond donors (Lipinski definition) is 1. The summed E-state index contributed by atoms with van der Waals surface area (Å²) in [5, 5.41) is 4.05. The van der Waals surface area contributed by atoms with Crippen LogP contribution in [-0.4, -0.2) is 47.2 Å². The third-order valence-electron chi connectivity index (χ3n) is 5.58. The molecular weight excluding hydrogens is 407 g/mol. The first kappa shape index (κ1) is 20.6. The predicted octanol–water partition coefficient (Wildman–Crippen LogP) is 2.49. The molecule has 1 aromatic carbocycles. The van der Waals surface area contributed by atoms with Crippen molar-refractivity contribution in [3.8, 4) is 0 Å². The fraction of sp³-hybridized carbons (Fsp3) is 0.381. The van der Waals surface area contributed by atoms with Crippen LogP contribution in [-0.2, 0) is 14.3 Å². The van der Waals surface area contributed by atoms with Gasteiger partial charge in [-0.1, -0.05) is 29.2 Å². The number of nitrogens with zero attached hydrogens (tertiary/aromatic N) is 1. The van der Waals surface area contributed by atoms with Gasteiger partial charge in [0.15, 0.2) is 0 Å². The Morgan fingerprint density at radius 1 is 1.28 bits per heavy atom. The SMILES string of the molecule is [B]c1cnc2c(c1)C(COS(C)(=O)=O)=Cc1cc(Cl)ccc1C2C1CCNCC1. The van der Waals surface area contributed by atoms with Crippen molar-refractivity contribution in [1.82, 2.24) is 10.3 Å². The molecule has 1 fully saturated rings. The lowest BCUT2D eigenvalue weighted by atomic mass is 9.76. The lowest BCUT2D eigenvalue weighted by molar-refractivity contribution is 0.338. The topological polar surface area (TPSA) is 68.3 Å². The first-order chi connectivity index (χ1) is 13.8. The van der Waals surface area contributed by atoms with Crippen molar-refractivity contribution in [2.24, 2.45) is 5.92 Å². The van der Waals surface area contributed by atoms with E-state index in [-0.39, 0.29) is 12.5 Å². The van der Waals surface area contributed by atoms with Crippen LogP contribution in [0.3, 0.4) is 0 Å². The zero-order valence-corrected chi connectivity index (χ0v) is 17.8. The molecule has 5 nitrogen and oxygen atoms in total. The highest BCUT2D eigenvalue weighted by Gasteiger charge is 2.33. The largest absolute Gasteiger partial charge is 0.317 e. The molecule has 29 heavy (non-hydrogen) atoms. The van der Waals surface area contributed by atoms with Gasteiger partial charge in [-0.2, -0.15) is 8.42 Å². The van der Waals surface area contributed by atoms with Crippen LogP contribution < -0.4 is 10.8 Å². The summed E-state index contributed by atoms with van der Waals surface area (Å²) < 4.78 is 28.4. The van der Waals surface area contributed by atoms with E-state index in [9.17, 15) is 8.42 Å². The van der Waals surface area contributed by atoms with Gasteiger partial charge in [0.25, 0.3) is 10.1 Å². The van der Waals surface area contributed by atoms with Crippen molar-refractivity contribution >= 4 is 46.7 Å². The van der Waals surface area contributed by atoms with E-state index >= 15 is 0 Å². The van der Waals surface area contributed by atoms with Gasteiger partial charge in [0.1, 0.15) is 7.85 Å². The molecule has 0 bridgehead atoms. The number of halogens is 1. The lowest BCUT2D eigenvalue weighted by Gasteiger charge is -2.32. The fourth-order valence-electron chi connectivity index (χ4n) is 4.31. The molecule has 2 heterocycles. The fourth-order valence-corrected chi connectivity index (χ4v) is 4.83. The van der Waals surface area contributed by atoms with Crippen LogP contribution in [0.5, 0.6) is 0 Å². The normalized spacial score (nSPS) is 19.8. The second-order valence-electron chi connectivity index (χ2n) is 7.68. The molecule has 1 aliphatic heterocycles. The van der Waals surface area contributed by atoms with E-state index in [1.807, 2.05) is 24.3 Å². The monoisotopic (exact) mass is 428 g/mol. The molecule has 0 spiro atoms. The molecule has 1 aromatic heterocycles. The number of rotatable bonds is 4. The van der Waals surface area contributed by atoms with Crippen LogP contribution in [0, 0.1) is 5.92 Å². The summed E-state index contributed by atoms with van der Waals surface area (Å²) in [5.74, 6) is 0.488. The van der Waals surface area contributed by atoms with Crippen molar-refractivity contribution in [3.05, 3.63) is 57.9 Å². The summed E-state index contributed by atoms with van der Waals surface area (Å²) in [6.07, 6.45) is 6.74. The van der Waals surface area contributed by atoms with E-state index in [0.29, 0.717) is 16.4 Å². The molecule has 1 saturated heterocycles. The third kappa shape index (κ3) is 4.58. The van der Waals surface area contributed by atoms with Crippen molar-refractivity contribution < 1.29 is 12.6 Å². The quantitative estimate of drug-likeness (QED) is 0.598. The summed E-state index contributed by atoms with van der Waals surface area (Å²) >= 11 is 6.30. The number of fused-ring (bicyclic) bond motifs is 2. The zero-order chi connectivity index (χ0) is 20.6. The molecule has 150 valence electrons. The number of hydrogen-bond acceptors (Lipinski definition) is 5. The minimum Gasteiger partial charge on any atom is -0.317 e. The van der Waals surface area contributed by atoms with Crippen LogP contribution in [0.2, 0.25) is 5.02 Å². The Labute approximate surface area is 178 Å². The molecule has 0 amide bonds. The Bertz CT molecular complexity index is 1070. The van der Waals surface area contributed by atoms with Crippen molar-refractivity contribution in [2.45, 2.75) is 18.8 Å². The van der Waals surface area contributed by atoms with Gasteiger partial charge in [-0.05, 0) is 66.8 Å². The molecule has 2 aliphatic rings. The number of benzene rings is 1. The van der Waals surface area contributed by atoms with Gasteiger partial charge in [0.05, 0.1) is 18.6 Å². The van der Waals surface area contributed by atoms with E-state index in [1.54, 1.807) is 6.20 Å². The third-order valence-corrected chi connectivity index (χ3v) is 6.36. The van der Waals surface area contributed by atoms with Crippen molar-refractivity contribution in [2.75, 3.05) is 26.0 Å². The minimum absolute atomic E-state index is 0.0759. The predicted molar refractivity (Wildman–Crippen MR) is 117 cm³/mol. The van der Waals surface area contributed by atoms with Crippen LogP contribution in [0.25, 0.3) is 11.6 Å². The molecule has 1 N–H and O–H groups in total. The Morgan fingerprint density at radius 3 is 2.76 bits per heavy atom. The molecule has 1 atom stereocenters. The minimum atomic E-state index is -3.59. The maximum Gasteiger partial charge on any atom is 0.264 e. The van der Waals surface area contributed by atoms with E-state index < -0.39 is 10.1 Å². The zero-order valence-electron chi connectivity index (χ0n) is 16.2. The maximum absolute atomic E-state index is 11.6. The number of piperidine rings is 1. The van der Waals surface area contributed by atoms with Crippen LogP contribution in [0.1, 0.15) is 41.1 Å². The van der Waals surface area contributed by atoms with Gasteiger partial charge < -0.3 is 5.32 Å². The summed E-state index contributed by atoms with van der Waals surface area (Å²) in [7, 11) is 2.46. The number of aromatic nitrogens is 1. The summed E-state index contributed by atoms with van der Waals surface area (Å²) in [5.41, 5.74) is 5.12. The maximum atomic E-state index is 11.6. The first-order valence-electron chi connectivity index (χ1n) is 9.63. The first-order valence-corrected chi connectivity index (χ1v) is 11.8. The van der Waals surface area contributed by atoms with E-state index in [4.69, 9.17) is 28.6 Å². The summed E-state index contributed by atoms with van der Waals surface area (Å²) in [6, 6.07) is 7.74. The van der Waals surface area contributed by atoms with Gasteiger partial charge in [-0.15, -0.1) is 0 Å². The Kier molecular flexibility index (Phi) is 5.84. The standard InChI is InChI=1S/C21H22BClN2O3S/c1-29(26,27)28-12-15-8-14-9-17(23)2-3-18(14)20(13-4-6-24-7-5-13)21-19(15)10-16(22)11-25-21/h2-3,8-11,13,20,24H,4-7,12H2,1H3. The molecule has 8 heteroatoms. The second-order valence-corrected chi connectivity index (χ2v) is 9.76. The van der Waals surface area contributed by atoms with Gasteiger partial charge in [-0.25, -0.2) is 0 Å². The molecule has 1 aliphatic carbocycles. The van der Waals surface area contributed by atoms with E-state index in [2.05, 4.69) is 11.4 Å². The molecule has 2 radical (unpaired) electrons. The lowest BCUT2D eigenvalue weighted by Crippen LogP contribution is -2.32. The van der Waals surface area contributed by atoms with Crippen LogP contribution >= 0.6 is 11.6 Å². The van der Waals surface area contributed by atoms with Crippen molar-refractivity contribution in [3.63, 3.8) is 0 Å².